The Morgan fingerprint density at radius 3 is 1.91 bits per heavy atom. The number of rotatable bonds is 7. The van der Waals surface area contributed by atoms with Crippen molar-refractivity contribution in [3.8, 4) is 0 Å². The van der Waals surface area contributed by atoms with E-state index in [2.05, 4.69) is 20.9 Å². The minimum atomic E-state index is -1.26. The highest BCUT2D eigenvalue weighted by Gasteiger charge is 2.53. The first-order chi connectivity index (χ1) is 15.1. The first-order valence-electron chi connectivity index (χ1n) is 10.9. The van der Waals surface area contributed by atoms with Gasteiger partial charge in [0.2, 0.25) is 0 Å². The molecule has 0 aromatic heterocycles. The summed E-state index contributed by atoms with van der Waals surface area (Å²) < 4.78 is 6.96. The summed E-state index contributed by atoms with van der Waals surface area (Å²) in [5.74, 6) is -3.37. The molecule has 2 saturated heterocycles. The summed E-state index contributed by atoms with van der Waals surface area (Å²) in [7, 11) is 2.37. The Labute approximate surface area is 205 Å². The lowest BCUT2D eigenvalue weighted by atomic mass is 9.94. The molecule has 3 N–H and O–H groups in total. The quantitative estimate of drug-likeness (QED) is 0.250. The molecule has 1 aromatic rings. The van der Waals surface area contributed by atoms with Crippen molar-refractivity contribution in [3.63, 3.8) is 0 Å². The molecule has 0 amide bonds. The second kappa shape index (κ2) is 12.9. The summed E-state index contributed by atoms with van der Waals surface area (Å²) in [4.78, 5) is 31.7. The molecule has 3 unspecified atom stereocenters. The van der Waals surface area contributed by atoms with Crippen LogP contribution < -0.4 is 17.0 Å². The molecule has 2 aliphatic rings. The second-order valence-electron chi connectivity index (χ2n) is 8.89. The molecular weight excluding hydrogens is 494 g/mol. The normalized spacial score (nSPS) is 26.6. The number of esters is 1. The predicted molar refractivity (Wildman–Crippen MR) is 118 cm³/mol. The Morgan fingerprint density at radius 1 is 1.03 bits per heavy atom. The molecule has 184 valence electrons. The van der Waals surface area contributed by atoms with Gasteiger partial charge in [0, 0.05) is 37.8 Å². The number of carbonyl (C=O) groups is 3. The number of halogens is 1. The maximum atomic E-state index is 12.6. The average molecular weight is 528 g/mol. The van der Waals surface area contributed by atoms with Crippen LogP contribution in [0.25, 0.3) is 0 Å². The third kappa shape index (κ3) is 7.38. The molecule has 0 saturated carbocycles. The summed E-state index contributed by atoms with van der Waals surface area (Å²) in [5.41, 5.74) is 0.826. The van der Waals surface area contributed by atoms with Crippen molar-refractivity contribution in [1.29, 1.82) is 0 Å². The fraction of sp³-hybridized carbons (Fsp3) is 0.542. The van der Waals surface area contributed by atoms with Crippen molar-refractivity contribution in [3.05, 3.63) is 48.0 Å². The van der Waals surface area contributed by atoms with Gasteiger partial charge in [-0.1, -0.05) is 30.3 Å². The van der Waals surface area contributed by atoms with Crippen LogP contribution >= 0.6 is 0 Å². The Balaban J connectivity index is 0.000000523. The van der Waals surface area contributed by atoms with Crippen molar-refractivity contribution in [2.75, 3.05) is 13.7 Å². The number of aliphatic carboxylic acids is 2. The van der Waals surface area contributed by atoms with E-state index in [0.29, 0.717) is 30.3 Å². The highest BCUT2D eigenvalue weighted by Crippen LogP contribution is 2.44. The predicted octanol–water partition coefficient (Wildman–Crippen LogP) is -0.430. The van der Waals surface area contributed by atoms with E-state index in [1.807, 2.05) is 30.3 Å². The molecule has 33 heavy (non-hydrogen) atoms. The van der Waals surface area contributed by atoms with E-state index in [9.17, 15) is 19.5 Å². The first-order valence-corrected chi connectivity index (χ1v) is 10.9. The maximum absolute atomic E-state index is 12.6. The van der Waals surface area contributed by atoms with Crippen LogP contribution in [0.2, 0.25) is 0 Å². The Morgan fingerprint density at radius 2 is 1.52 bits per heavy atom. The third-order valence-corrected chi connectivity index (χ3v) is 6.91. The number of quaternary nitrogens is 1. The molecule has 3 atom stereocenters. The Kier molecular flexibility index (Phi) is 11.2. The maximum Gasteiger partial charge on any atom is 0.328 e. The van der Waals surface area contributed by atoms with Gasteiger partial charge in [-0.25, -0.2) is 9.59 Å². The largest absolute Gasteiger partial charge is 1.00 e. The monoisotopic (exact) mass is 527 g/mol. The molecule has 2 heterocycles. The number of benzene rings is 1. The molecule has 9 heteroatoms. The number of carboxylic acids is 2. The van der Waals surface area contributed by atoms with Crippen LogP contribution in [0, 0.1) is 0 Å². The van der Waals surface area contributed by atoms with Crippen molar-refractivity contribution < 1.29 is 55.9 Å². The second-order valence-corrected chi connectivity index (χ2v) is 8.89. The standard InChI is InChI=1S/C20H30NO3.C4H4O4.BrH/c1-14(2)21(3)16-9-10-17(21)12-18(11-16)24-20(23)19(13-22)15-7-5-4-6-8-15;5-3(6)1-2-4(7)8;/h4-8,14,16-19,22H,9-13H2,1-3H3;1-2H,(H,5,6)(H,7,8);1H/q+1;;/p-1/b;2-1+;. The number of hydrogen-bond donors (Lipinski definition) is 3. The van der Waals surface area contributed by atoms with Gasteiger partial charge in [-0.15, -0.1) is 0 Å². The Hall–Kier alpha value is -2.23. The number of carboxylic acid groups (broad SMARTS) is 2. The SMILES string of the molecule is CC(C)[N+]1(C)C2CCC1CC(OC(=O)C(CO)c1ccccc1)C2.O=C(O)/C=C/C(=O)O.[Br-]. The molecule has 1 aromatic carbocycles. The van der Waals surface area contributed by atoms with Crippen LogP contribution in [0.3, 0.4) is 0 Å². The molecule has 3 rings (SSSR count). The topological polar surface area (TPSA) is 121 Å². The molecule has 0 aliphatic carbocycles. The lowest BCUT2D eigenvalue weighted by Crippen LogP contribution is -3.00. The number of ether oxygens (including phenoxy) is 1. The van der Waals surface area contributed by atoms with E-state index in [-0.39, 0.29) is 35.7 Å². The van der Waals surface area contributed by atoms with Gasteiger partial charge in [0.1, 0.15) is 12.0 Å². The van der Waals surface area contributed by atoms with E-state index in [4.69, 9.17) is 14.9 Å². The van der Waals surface area contributed by atoms with Crippen LogP contribution in [0.15, 0.2) is 42.5 Å². The van der Waals surface area contributed by atoms with Crippen LogP contribution in [0.5, 0.6) is 0 Å². The summed E-state index contributed by atoms with van der Waals surface area (Å²) in [6.45, 7) is 4.39. The molecule has 2 fully saturated rings. The first kappa shape index (κ1) is 28.8. The fourth-order valence-corrected chi connectivity index (χ4v) is 4.96. The van der Waals surface area contributed by atoms with E-state index < -0.39 is 17.9 Å². The molecule has 2 bridgehead atoms. The summed E-state index contributed by atoms with van der Waals surface area (Å²) >= 11 is 0. The van der Waals surface area contributed by atoms with Crippen LogP contribution in [-0.2, 0) is 19.1 Å². The smallest absolute Gasteiger partial charge is 0.328 e. The highest BCUT2D eigenvalue weighted by atomic mass is 79.9. The van der Waals surface area contributed by atoms with Gasteiger partial charge in [-0.05, 0) is 19.4 Å². The van der Waals surface area contributed by atoms with Crippen molar-refractivity contribution in [1.82, 2.24) is 0 Å². The number of carbonyl (C=O) groups excluding carboxylic acids is 1. The zero-order valence-corrected chi connectivity index (χ0v) is 20.8. The summed E-state index contributed by atoms with van der Waals surface area (Å²) in [6.07, 6.45) is 5.47. The van der Waals surface area contributed by atoms with Crippen molar-refractivity contribution in [2.24, 2.45) is 0 Å². The molecule has 8 nitrogen and oxygen atoms in total. The van der Waals surface area contributed by atoms with Gasteiger partial charge in [0.25, 0.3) is 0 Å². The van der Waals surface area contributed by atoms with E-state index in [0.717, 1.165) is 22.9 Å². The molecule has 2 aliphatic heterocycles. The van der Waals surface area contributed by atoms with Gasteiger partial charge in [0.15, 0.2) is 0 Å². The minimum Gasteiger partial charge on any atom is -1.00 e. The number of piperidine rings is 1. The van der Waals surface area contributed by atoms with Gasteiger partial charge in [-0.2, -0.15) is 0 Å². The number of aliphatic hydroxyl groups excluding tert-OH is 1. The van der Waals surface area contributed by atoms with Crippen molar-refractivity contribution in [2.45, 2.75) is 69.7 Å². The molecular formula is C24H34BrNO7. The molecule has 0 radical (unpaired) electrons. The minimum absolute atomic E-state index is 0. The van der Waals surface area contributed by atoms with Gasteiger partial charge in [-0.3, -0.25) is 4.79 Å². The number of fused-ring (bicyclic) bond motifs is 2. The van der Waals surface area contributed by atoms with E-state index >= 15 is 0 Å². The summed E-state index contributed by atoms with van der Waals surface area (Å²) in [5, 5.41) is 25.3. The van der Waals surface area contributed by atoms with Gasteiger partial charge < -0.3 is 41.5 Å². The zero-order chi connectivity index (χ0) is 23.9. The van der Waals surface area contributed by atoms with E-state index in [1.54, 1.807) is 0 Å². The van der Waals surface area contributed by atoms with Gasteiger partial charge in [0.05, 0.1) is 31.8 Å². The van der Waals surface area contributed by atoms with Gasteiger partial charge >= 0.3 is 17.9 Å². The lowest BCUT2D eigenvalue weighted by molar-refractivity contribution is -0.968. The third-order valence-electron chi connectivity index (χ3n) is 6.91. The van der Waals surface area contributed by atoms with Crippen LogP contribution in [0.1, 0.15) is 51.0 Å². The van der Waals surface area contributed by atoms with Crippen LogP contribution in [0.4, 0.5) is 0 Å². The van der Waals surface area contributed by atoms with Crippen molar-refractivity contribution >= 4 is 17.9 Å². The fourth-order valence-electron chi connectivity index (χ4n) is 4.96. The highest BCUT2D eigenvalue weighted by molar-refractivity contribution is 5.89. The zero-order valence-electron chi connectivity index (χ0n) is 19.3. The number of hydrogen-bond acceptors (Lipinski definition) is 5. The number of nitrogens with zero attached hydrogens (tertiary/aromatic N) is 1. The molecule has 0 spiro atoms. The average Bonchev–Trinajstić information content (AvgIpc) is 2.91. The number of aliphatic hydroxyl groups is 1. The van der Waals surface area contributed by atoms with Crippen LogP contribution in [-0.4, -0.2) is 75.6 Å². The van der Waals surface area contributed by atoms with E-state index in [1.165, 1.54) is 12.8 Å². The lowest BCUT2D eigenvalue weighted by Gasteiger charge is -2.49. The Bertz CT molecular complexity index is 797. The summed E-state index contributed by atoms with van der Waals surface area (Å²) in [6, 6.07) is 11.2.